The number of pyridine rings is 1. The van der Waals surface area contributed by atoms with Gasteiger partial charge >= 0.3 is 0 Å². The first-order valence-electron chi connectivity index (χ1n) is 13.6. The Labute approximate surface area is 220 Å². The number of fused-ring (bicyclic) bond motifs is 2. The van der Waals surface area contributed by atoms with Crippen LogP contribution >= 0.6 is 0 Å². The van der Waals surface area contributed by atoms with Gasteiger partial charge in [-0.25, -0.2) is 9.07 Å². The molecule has 1 aromatic carbocycles. The van der Waals surface area contributed by atoms with Gasteiger partial charge in [-0.2, -0.15) is 5.10 Å². The SMILES string of the molecule is CC[Si](CC)(CC)O[C@@]1(CC(O)c2ccccn2)CCC2=Cc3c(cnn3-c3ccc(F)cc3)CC21C. The van der Waals surface area contributed by atoms with Gasteiger partial charge in [0.2, 0.25) is 0 Å². The van der Waals surface area contributed by atoms with Crippen LogP contribution in [0.4, 0.5) is 4.39 Å². The van der Waals surface area contributed by atoms with E-state index < -0.39 is 20.0 Å². The topological polar surface area (TPSA) is 60.2 Å². The molecule has 3 aromatic rings. The molecule has 1 N–H and O–H groups in total. The molecule has 2 unspecified atom stereocenters. The van der Waals surface area contributed by atoms with E-state index in [1.54, 1.807) is 18.3 Å². The zero-order valence-corrected chi connectivity index (χ0v) is 23.4. The second-order valence-corrected chi connectivity index (χ2v) is 15.6. The summed E-state index contributed by atoms with van der Waals surface area (Å²) in [5, 5.41) is 16.1. The van der Waals surface area contributed by atoms with Crippen LogP contribution in [0.1, 0.15) is 70.0 Å². The van der Waals surface area contributed by atoms with Gasteiger partial charge in [-0.15, -0.1) is 0 Å². The van der Waals surface area contributed by atoms with Crippen molar-refractivity contribution in [3.8, 4) is 5.69 Å². The first-order valence-corrected chi connectivity index (χ1v) is 16.1. The maximum Gasteiger partial charge on any atom is 0.192 e. The van der Waals surface area contributed by atoms with Crippen molar-refractivity contribution in [3.05, 3.63) is 83.2 Å². The molecule has 37 heavy (non-hydrogen) atoms. The number of hydrogen-bond acceptors (Lipinski definition) is 4. The largest absolute Gasteiger partial charge is 0.410 e. The van der Waals surface area contributed by atoms with Gasteiger partial charge in [0.1, 0.15) is 5.82 Å². The van der Waals surface area contributed by atoms with Crippen LogP contribution < -0.4 is 0 Å². The lowest BCUT2D eigenvalue weighted by atomic mass is 9.65. The number of hydrogen-bond donors (Lipinski definition) is 1. The van der Waals surface area contributed by atoms with Gasteiger partial charge in [0.25, 0.3) is 0 Å². The summed E-state index contributed by atoms with van der Waals surface area (Å²) < 4.78 is 22.9. The highest BCUT2D eigenvalue weighted by atomic mass is 28.4. The molecule has 1 saturated carbocycles. The Morgan fingerprint density at radius 3 is 2.49 bits per heavy atom. The van der Waals surface area contributed by atoms with Crippen LogP contribution in [0.5, 0.6) is 0 Å². The molecule has 196 valence electrons. The van der Waals surface area contributed by atoms with E-state index in [1.807, 2.05) is 29.1 Å². The first-order chi connectivity index (χ1) is 17.8. The molecule has 0 amide bonds. The molecule has 7 heteroatoms. The first kappa shape index (κ1) is 26.0. The maximum atomic E-state index is 13.6. The van der Waals surface area contributed by atoms with E-state index in [1.165, 1.54) is 17.7 Å². The summed E-state index contributed by atoms with van der Waals surface area (Å²) in [7, 11) is -2.01. The molecule has 0 aliphatic heterocycles. The summed E-state index contributed by atoms with van der Waals surface area (Å²) in [6.45, 7) is 9.13. The summed E-state index contributed by atoms with van der Waals surface area (Å²) >= 11 is 0. The van der Waals surface area contributed by atoms with Crippen LogP contribution in [0.2, 0.25) is 18.1 Å². The van der Waals surface area contributed by atoms with Gasteiger partial charge in [0.15, 0.2) is 8.32 Å². The fourth-order valence-corrected chi connectivity index (χ4v) is 9.78. The van der Waals surface area contributed by atoms with Gasteiger partial charge < -0.3 is 9.53 Å². The highest BCUT2D eigenvalue weighted by Crippen LogP contribution is 2.60. The van der Waals surface area contributed by atoms with Gasteiger partial charge in [0.05, 0.1) is 35.0 Å². The number of rotatable bonds is 9. The predicted octanol–water partition coefficient (Wildman–Crippen LogP) is 7.03. The van der Waals surface area contributed by atoms with E-state index in [-0.39, 0.29) is 11.2 Å². The van der Waals surface area contributed by atoms with Gasteiger partial charge in [-0.3, -0.25) is 4.98 Å². The lowest BCUT2D eigenvalue weighted by Crippen LogP contribution is -2.55. The molecule has 2 heterocycles. The van der Waals surface area contributed by atoms with Crippen LogP contribution in [-0.4, -0.2) is 33.8 Å². The lowest BCUT2D eigenvalue weighted by molar-refractivity contribution is -0.0622. The molecular formula is C30H38FN3O2Si. The minimum atomic E-state index is -2.01. The van der Waals surface area contributed by atoms with Crippen molar-refractivity contribution in [2.24, 2.45) is 5.41 Å². The number of halogens is 1. The highest BCUT2D eigenvalue weighted by molar-refractivity contribution is 6.73. The molecule has 3 atom stereocenters. The maximum absolute atomic E-state index is 13.6. The molecular weight excluding hydrogens is 481 g/mol. The highest BCUT2D eigenvalue weighted by Gasteiger charge is 2.59. The van der Waals surface area contributed by atoms with Crippen molar-refractivity contribution in [2.45, 2.75) is 83.2 Å². The van der Waals surface area contributed by atoms with E-state index in [4.69, 9.17) is 9.52 Å². The summed E-state index contributed by atoms with van der Waals surface area (Å²) in [5.41, 5.74) is 4.37. The molecule has 5 nitrogen and oxygen atoms in total. The van der Waals surface area contributed by atoms with Crippen molar-refractivity contribution < 1.29 is 13.9 Å². The van der Waals surface area contributed by atoms with E-state index in [9.17, 15) is 9.50 Å². The van der Waals surface area contributed by atoms with Crippen LogP contribution in [0.25, 0.3) is 11.8 Å². The van der Waals surface area contributed by atoms with E-state index in [0.29, 0.717) is 12.1 Å². The molecule has 5 rings (SSSR count). The van der Waals surface area contributed by atoms with Crippen LogP contribution in [0.15, 0.2) is 60.4 Å². The standard InChI is InChI=1S/C30H38FN3O2Si/c1-5-37(6-2,7-3)36-30(20-28(35)26-10-8-9-17-32-26)16-15-23-18-27-22(19-29(23,30)4)21-33-34(27)25-13-11-24(31)12-14-25/h8-14,17-18,21,28,35H,5-7,15-16,19-20H2,1-4H3/t28?,29?,30-/m1/s1. The molecule has 0 bridgehead atoms. The van der Waals surface area contributed by atoms with E-state index in [2.05, 4.69) is 38.8 Å². The molecule has 0 saturated heterocycles. The number of aliphatic hydroxyl groups excluding tert-OH is 1. The third-order valence-corrected chi connectivity index (χ3v) is 13.9. The fourth-order valence-electron chi connectivity index (χ4n) is 6.61. The van der Waals surface area contributed by atoms with Gasteiger partial charge in [-0.05, 0) is 85.4 Å². The summed E-state index contributed by atoms with van der Waals surface area (Å²) in [5.74, 6) is -0.254. The minimum Gasteiger partial charge on any atom is -0.410 e. The fraction of sp³-hybridized carbons (Fsp3) is 0.467. The van der Waals surface area contributed by atoms with Crippen molar-refractivity contribution >= 4 is 14.4 Å². The van der Waals surface area contributed by atoms with Crippen LogP contribution in [0.3, 0.4) is 0 Å². The number of aromatic nitrogens is 3. The molecule has 0 radical (unpaired) electrons. The Morgan fingerprint density at radius 1 is 1.11 bits per heavy atom. The van der Waals surface area contributed by atoms with Crippen molar-refractivity contribution in [1.29, 1.82) is 0 Å². The van der Waals surface area contributed by atoms with Crippen molar-refractivity contribution in [1.82, 2.24) is 14.8 Å². The van der Waals surface area contributed by atoms with Gasteiger partial charge in [0, 0.05) is 18.0 Å². The monoisotopic (exact) mass is 519 g/mol. The number of nitrogens with zero attached hydrogens (tertiary/aromatic N) is 3. The van der Waals surface area contributed by atoms with Crippen LogP contribution in [0, 0.1) is 11.2 Å². The smallest absolute Gasteiger partial charge is 0.192 e. The minimum absolute atomic E-state index is 0.254. The van der Waals surface area contributed by atoms with E-state index in [0.717, 1.165) is 54.3 Å². The van der Waals surface area contributed by atoms with Crippen molar-refractivity contribution in [2.75, 3.05) is 0 Å². The third-order valence-electron chi connectivity index (χ3n) is 9.22. The lowest BCUT2D eigenvalue weighted by Gasteiger charge is -2.51. The Bertz CT molecular complexity index is 1260. The molecule has 1 fully saturated rings. The average molecular weight is 520 g/mol. The number of benzene rings is 1. The Kier molecular flexibility index (Phi) is 6.98. The normalized spacial score (nSPS) is 23.9. The second kappa shape index (κ2) is 9.93. The summed E-state index contributed by atoms with van der Waals surface area (Å²) in [4.78, 5) is 4.47. The average Bonchev–Trinajstić information content (AvgIpc) is 3.44. The zero-order valence-electron chi connectivity index (χ0n) is 22.4. The summed E-state index contributed by atoms with van der Waals surface area (Å²) in [6, 6.07) is 15.4. The molecule has 2 aliphatic rings. The van der Waals surface area contributed by atoms with E-state index >= 15 is 0 Å². The number of aliphatic hydroxyl groups is 1. The Balaban J connectivity index is 1.57. The predicted molar refractivity (Wildman–Crippen MR) is 147 cm³/mol. The van der Waals surface area contributed by atoms with Gasteiger partial charge in [-0.1, -0.05) is 39.3 Å². The Morgan fingerprint density at radius 2 is 1.84 bits per heavy atom. The molecule has 2 aromatic heterocycles. The summed E-state index contributed by atoms with van der Waals surface area (Å²) in [6.07, 6.45) is 8.38. The Hall–Kier alpha value is -2.61. The molecule has 0 spiro atoms. The zero-order chi connectivity index (χ0) is 26.3. The van der Waals surface area contributed by atoms with Crippen LogP contribution in [-0.2, 0) is 10.8 Å². The third kappa shape index (κ3) is 4.41. The quantitative estimate of drug-likeness (QED) is 0.308. The second-order valence-electron chi connectivity index (χ2n) is 10.9. The van der Waals surface area contributed by atoms with Crippen molar-refractivity contribution in [3.63, 3.8) is 0 Å². The molecule has 2 aliphatic carbocycles.